The van der Waals surface area contributed by atoms with E-state index in [4.69, 9.17) is 17.3 Å². The molecule has 0 spiro atoms. The standard InChI is InChI=1S/C11H15ClN2O2/c1-11(2,3)10(13)7-4-5-8(12)9(6-7)14(15)16/h4-6,10H,13H2,1-3H3/t10-/m0/s1. The van der Waals surface area contributed by atoms with Crippen LogP contribution >= 0.6 is 11.6 Å². The van der Waals surface area contributed by atoms with Gasteiger partial charge in [0.15, 0.2) is 0 Å². The summed E-state index contributed by atoms with van der Waals surface area (Å²) in [4.78, 5) is 10.2. The van der Waals surface area contributed by atoms with Crippen LogP contribution in [0.5, 0.6) is 0 Å². The molecule has 0 amide bonds. The number of nitrogens with two attached hydrogens (primary N) is 1. The van der Waals surface area contributed by atoms with Crippen molar-refractivity contribution in [2.45, 2.75) is 26.8 Å². The second kappa shape index (κ2) is 4.39. The van der Waals surface area contributed by atoms with Crippen molar-refractivity contribution in [1.82, 2.24) is 0 Å². The number of nitrogens with zero attached hydrogens (tertiary/aromatic N) is 1. The van der Waals surface area contributed by atoms with Crippen molar-refractivity contribution in [2.24, 2.45) is 11.1 Å². The molecule has 88 valence electrons. The molecule has 0 saturated heterocycles. The van der Waals surface area contributed by atoms with Crippen molar-refractivity contribution in [3.8, 4) is 0 Å². The molecule has 0 aromatic heterocycles. The molecule has 0 unspecified atom stereocenters. The van der Waals surface area contributed by atoms with E-state index in [0.29, 0.717) is 0 Å². The minimum atomic E-state index is -0.499. The first-order valence-electron chi connectivity index (χ1n) is 4.93. The molecule has 0 fully saturated rings. The van der Waals surface area contributed by atoms with Crippen LogP contribution in [0.4, 0.5) is 5.69 Å². The van der Waals surface area contributed by atoms with Gasteiger partial charge in [-0.15, -0.1) is 0 Å². The summed E-state index contributed by atoms with van der Waals surface area (Å²) in [6.07, 6.45) is 0. The summed E-state index contributed by atoms with van der Waals surface area (Å²) >= 11 is 5.73. The van der Waals surface area contributed by atoms with Crippen LogP contribution in [0, 0.1) is 15.5 Å². The van der Waals surface area contributed by atoms with Crippen molar-refractivity contribution >= 4 is 17.3 Å². The summed E-state index contributed by atoms with van der Waals surface area (Å²) in [5.74, 6) is 0. The Morgan fingerprint density at radius 2 is 2.00 bits per heavy atom. The van der Waals surface area contributed by atoms with Gasteiger partial charge in [0.05, 0.1) is 4.92 Å². The van der Waals surface area contributed by atoms with Gasteiger partial charge in [-0.05, 0) is 17.0 Å². The molecule has 1 atom stereocenters. The van der Waals surface area contributed by atoms with Crippen LogP contribution in [0.15, 0.2) is 18.2 Å². The smallest absolute Gasteiger partial charge is 0.288 e. The number of halogens is 1. The van der Waals surface area contributed by atoms with Gasteiger partial charge in [-0.25, -0.2) is 0 Å². The Kier molecular flexibility index (Phi) is 3.55. The third kappa shape index (κ3) is 2.71. The number of benzene rings is 1. The van der Waals surface area contributed by atoms with E-state index in [9.17, 15) is 10.1 Å². The maximum atomic E-state index is 10.7. The van der Waals surface area contributed by atoms with E-state index in [2.05, 4.69) is 0 Å². The van der Waals surface area contributed by atoms with E-state index < -0.39 is 4.92 Å². The first kappa shape index (κ1) is 12.9. The number of hydrogen-bond acceptors (Lipinski definition) is 3. The Morgan fingerprint density at radius 3 is 2.44 bits per heavy atom. The zero-order valence-electron chi connectivity index (χ0n) is 9.53. The normalized spacial score (nSPS) is 13.6. The minimum absolute atomic E-state index is 0.0983. The van der Waals surface area contributed by atoms with Crippen molar-refractivity contribution in [3.05, 3.63) is 38.9 Å². The molecule has 0 aliphatic rings. The molecule has 0 aliphatic carbocycles. The van der Waals surface area contributed by atoms with E-state index in [1.807, 2.05) is 20.8 Å². The minimum Gasteiger partial charge on any atom is -0.324 e. The highest BCUT2D eigenvalue weighted by Gasteiger charge is 2.24. The van der Waals surface area contributed by atoms with E-state index >= 15 is 0 Å². The van der Waals surface area contributed by atoms with Gasteiger partial charge < -0.3 is 5.73 Å². The molecule has 0 heterocycles. The first-order chi connectivity index (χ1) is 7.23. The summed E-state index contributed by atoms with van der Waals surface area (Å²) in [5.41, 5.74) is 6.50. The van der Waals surface area contributed by atoms with Crippen LogP contribution in [0.25, 0.3) is 0 Å². The number of nitro benzene ring substituents is 1. The average molecular weight is 243 g/mol. The fraction of sp³-hybridized carbons (Fsp3) is 0.455. The topological polar surface area (TPSA) is 69.2 Å². The lowest BCUT2D eigenvalue weighted by Gasteiger charge is -2.27. The fourth-order valence-corrected chi connectivity index (χ4v) is 1.55. The van der Waals surface area contributed by atoms with Crippen molar-refractivity contribution in [1.29, 1.82) is 0 Å². The third-order valence-electron chi connectivity index (χ3n) is 2.46. The van der Waals surface area contributed by atoms with E-state index in [1.54, 1.807) is 6.07 Å². The molecule has 2 N–H and O–H groups in total. The SMILES string of the molecule is CC(C)(C)[C@@H](N)c1ccc(Cl)c([N+](=O)[O-])c1. The molecule has 0 radical (unpaired) electrons. The van der Waals surface area contributed by atoms with Gasteiger partial charge in [-0.1, -0.05) is 38.4 Å². The van der Waals surface area contributed by atoms with Gasteiger partial charge in [0, 0.05) is 12.1 Å². The molecule has 1 aromatic carbocycles. The summed E-state index contributed by atoms with van der Waals surface area (Å²) in [5, 5.41) is 10.9. The van der Waals surface area contributed by atoms with Crippen LogP contribution in [0.1, 0.15) is 32.4 Å². The van der Waals surface area contributed by atoms with Gasteiger partial charge in [0.1, 0.15) is 5.02 Å². The molecular weight excluding hydrogens is 228 g/mol. The molecule has 0 aliphatic heterocycles. The largest absolute Gasteiger partial charge is 0.324 e. The first-order valence-corrected chi connectivity index (χ1v) is 5.30. The molecule has 4 nitrogen and oxygen atoms in total. The van der Waals surface area contributed by atoms with E-state index in [-0.39, 0.29) is 22.2 Å². The maximum Gasteiger partial charge on any atom is 0.288 e. The van der Waals surface area contributed by atoms with Gasteiger partial charge in [0.25, 0.3) is 5.69 Å². The highest BCUT2D eigenvalue weighted by molar-refractivity contribution is 6.32. The molecule has 5 heteroatoms. The Morgan fingerprint density at radius 1 is 1.44 bits per heavy atom. The zero-order chi connectivity index (χ0) is 12.5. The van der Waals surface area contributed by atoms with Crippen LogP contribution in [-0.4, -0.2) is 4.92 Å². The molecule has 0 bridgehead atoms. The van der Waals surface area contributed by atoms with Crippen LogP contribution in [0.2, 0.25) is 5.02 Å². The lowest BCUT2D eigenvalue weighted by atomic mass is 9.83. The van der Waals surface area contributed by atoms with Gasteiger partial charge >= 0.3 is 0 Å². The van der Waals surface area contributed by atoms with Gasteiger partial charge in [-0.2, -0.15) is 0 Å². The molecule has 1 aromatic rings. The van der Waals surface area contributed by atoms with Crippen LogP contribution in [-0.2, 0) is 0 Å². The van der Waals surface area contributed by atoms with Gasteiger partial charge in [-0.3, -0.25) is 10.1 Å². The predicted molar refractivity (Wildman–Crippen MR) is 64.5 cm³/mol. The average Bonchev–Trinajstić information content (AvgIpc) is 2.15. The quantitative estimate of drug-likeness (QED) is 0.639. The van der Waals surface area contributed by atoms with Gasteiger partial charge in [0.2, 0.25) is 0 Å². The molecule has 0 saturated carbocycles. The predicted octanol–water partition coefficient (Wildman–Crippen LogP) is 3.29. The summed E-state index contributed by atoms with van der Waals surface area (Å²) < 4.78 is 0. The van der Waals surface area contributed by atoms with Crippen molar-refractivity contribution < 1.29 is 4.92 Å². The monoisotopic (exact) mass is 242 g/mol. The van der Waals surface area contributed by atoms with Crippen LogP contribution < -0.4 is 5.73 Å². The summed E-state index contributed by atoms with van der Waals surface area (Å²) in [7, 11) is 0. The summed E-state index contributed by atoms with van der Waals surface area (Å²) in [6, 6.07) is 4.42. The second-order valence-corrected chi connectivity index (χ2v) is 5.22. The number of hydrogen-bond donors (Lipinski definition) is 1. The maximum absolute atomic E-state index is 10.7. The lowest BCUT2D eigenvalue weighted by Crippen LogP contribution is -2.26. The van der Waals surface area contributed by atoms with Crippen LogP contribution in [0.3, 0.4) is 0 Å². The van der Waals surface area contributed by atoms with E-state index in [0.717, 1.165) is 5.56 Å². The molecule has 1 rings (SSSR count). The third-order valence-corrected chi connectivity index (χ3v) is 2.78. The van der Waals surface area contributed by atoms with E-state index in [1.165, 1.54) is 12.1 Å². The van der Waals surface area contributed by atoms with Crippen molar-refractivity contribution in [2.75, 3.05) is 0 Å². The summed E-state index contributed by atoms with van der Waals surface area (Å²) in [6.45, 7) is 5.95. The fourth-order valence-electron chi connectivity index (χ4n) is 1.36. The van der Waals surface area contributed by atoms with Crippen molar-refractivity contribution in [3.63, 3.8) is 0 Å². The second-order valence-electron chi connectivity index (χ2n) is 4.81. The Balaban J connectivity index is 3.18. The molecular formula is C11H15ClN2O2. The molecule has 16 heavy (non-hydrogen) atoms. The number of nitro groups is 1. The highest BCUT2D eigenvalue weighted by atomic mass is 35.5. The number of rotatable bonds is 2. The Bertz CT molecular complexity index is 413. The highest BCUT2D eigenvalue weighted by Crippen LogP contribution is 2.34. The Labute approximate surface area is 99.6 Å². The lowest BCUT2D eigenvalue weighted by molar-refractivity contribution is -0.384. The Hall–Kier alpha value is -1.13. The zero-order valence-corrected chi connectivity index (χ0v) is 10.3.